The summed E-state index contributed by atoms with van der Waals surface area (Å²) in [4.78, 5) is 21.5. The second-order valence-electron chi connectivity index (χ2n) is 7.87. The van der Waals surface area contributed by atoms with Gasteiger partial charge in [0, 0.05) is 58.4 Å². The number of benzene rings is 2. The zero-order chi connectivity index (χ0) is 22.6. The second kappa shape index (κ2) is 14.7. The fourth-order valence-corrected chi connectivity index (χ4v) is 3.77. The summed E-state index contributed by atoms with van der Waals surface area (Å²) in [5.74, 6) is 0.926. The van der Waals surface area contributed by atoms with Gasteiger partial charge in [-0.3, -0.25) is 14.7 Å². The van der Waals surface area contributed by atoms with Crippen molar-refractivity contribution in [1.82, 2.24) is 20.4 Å². The van der Waals surface area contributed by atoms with Gasteiger partial charge in [-0.2, -0.15) is 0 Å². The van der Waals surface area contributed by atoms with Crippen molar-refractivity contribution in [3.8, 4) is 0 Å². The van der Waals surface area contributed by atoms with Gasteiger partial charge in [-0.1, -0.05) is 54.6 Å². The Balaban J connectivity index is 0.00000385. The van der Waals surface area contributed by atoms with E-state index >= 15 is 0 Å². The van der Waals surface area contributed by atoms with E-state index in [1.54, 1.807) is 7.05 Å². The molecule has 0 unspecified atom stereocenters. The van der Waals surface area contributed by atoms with Crippen LogP contribution in [0.1, 0.15) is 28.4 Å². The Morgan fingerprint density at radius 3 is 2.52 bits per heavy atom. The van der Waals surface area contributed by atoms with Crippen LogP contribution in [0.25, 0.3) is 6.08 Å². The van der Waals surface area contributed by atoms with Crippen LogP contribution in [0.15, 0.2) is 65.7 Å². The Bertz CT molecular complexity index is 908. The van der Waals surface area contributed by atoms with Crippen LogP contribution in [0.5, 0.6) is 0 Å². The highest BCUT2D eigenvalue weighted by Crippen LogP contribution is 2.08. The van der Waals surface area contributed by atoms with Gasteiger partial charge in [-0.05, 0) is 36.6 Å². The molecule has 0 atom stereocenters. The highest BCUT2D eigenvalue weighted by atomic mass is 127. The first kappa shape index (κ1) is 26.9. The zero-order valence-corrected chi connectivity index (χ0v) is 22.0. The molecule has 178 valence electrons. The predicted octanol–water partition coefficient (Wildman–Crippen LogP) is 3.50. The molecule has 1 aliphatic rings. The molecule has 0 aromatic heterocycles. The topological polar surface area (TPSA) is 60.0 Å². The molecular formula is C26H36IN5O. The van der Waals surface area contributed by atoms with Gasteiger partial charge in [0.1, 0.15) is 0 Å². The molecule has 3 rings (SSSR count). The SMILES string of the molecule is CCNC(=NCCc1cccc(C(=O)NC)c1)N1CCN(C/C=C/c2ccccc2)CC1.I. The number of carbonyl (C=O) groups excluding carboxylic acids is 1. The second-order valence-corrected chi connectivity index (χ2v) is 7.87. The lowest BCUT2D eigenvalue weighted by Crippen LogP contribution is -2.52. The minimum Gasteiger partial charge on any atom is -0.357 e. The fraction of sp³-hybridized carbons (Fsp3) is 0.385. The molecule has 6 nitrogen and oxygen atoms in total. The average Bonchev–Trinajstić information content (AvgIpc) is 2.84. The number of carbonyl (C=O) groups is 1. The lowest BCUT2D eigenvalue weighted by molar-refractivity contribution is 0.0963. The summed E-state index contributed by atoms with van der Waals surface area (Å²) < 4.78 is 0. The van der Waals surface area contributed by atoms with Gasteiger partial charge in [0.2, 0.25) is 0 Å². The van der Waals surface area contributed by atoms with Crippen LogP contribution in [-0.4, -0.2) is 74.5 Å². The molecule has 0 saturated carbocycles. The normalized spacial score (nSPS) is 14.7. The molecule has 0 bridgehead atoms. The third kappa shape index (κ3) is 8.81. The third-order valence-corrected chi connectivity index (χ3v) is 5.56. The number of nitrogens with zero attached hydrogens (tertiary/aromatic N) is 3. The van der Waals surface area contributed by atoms with Gasteiger partial charge in [-0.15, -0.1) is 24.0 Å². The van der Waals surface area contributed by atoms with Gasteiger partial charge in [0.05, 0.1) is 0 Å². The Morgan fingerprint density at radius 2 is 1.82 bits per heavy atom. The molecule has 0 aliphatic carbocycles. The van der Waals surface area contributed by atoms with Gasteiger partial charge < -0.3 is 15.5 Å². The molecule has 0 spiro atoms. The standard InChI is InChI=1S/C26H35N5O.HI/c1-3-28-26(29-15-14-23-11-7-13-24(21-23)25(32)27-2)31-19-17-30(18-20-31)16-8-12-22-9-5-4-6-10-22;/h4-13,21H,3,14-20H2,1-2H3,(H,27,32)(H,28,29);1H/b12-8+;. The smallest absolute Gasteiger partial charge is 0.251 e. The van der Waals surface area contributed by atoms with E-state index in [9.17, 15) is 4.79 Å². The van der Waals surface area contributed by atoms with Gasteiger partial charge in [0.25, 0.3) is 5.91 Å². The van der Waals surface area contributed by atoms with E-state index in [-0.39, 0.29) is 29.9 Å². The number of rotatable bonds is 8. The van der Waals surface area contributed by atoms with E-state index < -0.39 is 0 Å². The van der Waals surface area contributed by atoms with Gasteiger partial charge in [-0.25, -0.2) is 0 Å². The maximum Gasteiger partial charge on any atom is 0.251 e. The Hall–Kier alpha value is -2.39. The molecule has 1 fully saturated rings. The maximum atomic E-state index is 11.8. The van der Waals surface area contributed by atoms with Gasteiger partial charge >= 0.3 is 0 Å². The molecule has 1 saturated heterocycles. The van der Waals surface area contributed by atoms with Crippen molar-refractivity contribution >= 4 is 41.9 Å². The largest absolute Gasteiger partial charge is 0.357 e. The monoisotopic (exact) mass is 561 g/mol. The molecule has 2 aromatic rings. The highest BCUT2D eigenvalue weighted by Gasteiger charge is 2.18. The van der Waals surface area contributed by atoms with E-state index in [0.29, 0.717) is 12.1 Å². The van der Waals surface area contributed by atoms with Crippen molar-refractivity contribution in [2.24, 2.45) is 4.99 Å². The van der Waals surface area contributed by atoms with Crippen LogP contribution in [0.4, 0.5) is 0 Å². The molecule has 2 aromatic carbocycles. The summed E-state index contributed by atoms with van der Waals surface area (Å²) in [7, 11) is 1.65. The maximum absolute atomic E-state index is 11.8. The molecule has 1 amide bonds. The lowest BCUT2D eigenvalue weighted by Gasteiger charge is -2.36. The molecule has 7 heteroatoms. The summed E-state index contributed by atoms with van der Waals surface area (Å²) in [5.41, 5.74) is 3.06. The van der Waals surface area contributed by atoms with Crippen LogP contribution in [-0.2, 0) is 6.42 Å². The first-order valence-electron chi connectivity index (χ1n) is 11.5. The number of hydrogen-bond acceptors (Lipinski definition) is 3. The van der Waals surface area contributed by atoms with Crippen molar-refractivity contribution in [3.63, 3.8) is 0 Å². The lowest BCUT2D eigenvalue weighted by atomic mass is 10.1. The Morgan fingerprint density at radius 1 is 1.06 bits per heavy atom. The van der Waals surface area contributed by atoms with Crippen molar-refractivity contribution in [2.75, 3.05) is 52.9 Å². The Labute approximate surface area is 215 Å². The molecule has 1 aliphatic heterocycles. The number of guanidine groups is 1. The van der Waals surface area contributed by atoms with Crippen molar-refractivity contribution in [2.45, 2.75) is 13.3 Å². The van der Waals surface area contributed by atoms with Crippen molar-refractivity contribution < 1.29 is 4.79 Å². The molecule has 33 heavy (non-hydrogen) atoms. The van der Waals surface area contributed by atoms with Crippen molar-refractivity contribution in [1.29, 1.82) is 0 Å². The van der Waals surface area contributed by atoms with E-state index in [1.807, 2.05) is 24.3 Å². The van der Waals surface area contributed by atoms with Crippen LogP contribution >= 0.6 is 24.0 Å². The van der Waals surface area contributed by atoms with E-state index in [2.05, 4.69) is 69.8 Å². The number of aliphatic imine (C=N–C) groups is 1. The van der Waals surface area contributed by atoms with E-state index in [1.165, 1.54) is 5.56 Å². The van der Waals surface area contributed by atoms with Gasteiger partial charge in [0.15, 0.2) is 5.96 Å². The van der Waals surface area contributed by atoms with E-state index in [0.717, 1.165) is 57.2 Å². The molecule has 0 radical (unpaired) electrons. The number of hydrogen-bond donors (Lipinski definition) is 2. The number of nitrogens with one attached hydrogen (secondary N) is 2. The quantitative estimate of drug-likeness (QED) is 0.295. The summed E-state index contributed by atoms with van der Waals surface area (Å²) in [6, 6.07) is 18.2. The van der Waals surface area contributed by atoms with Crippen LogP contribution < -0.4 is 10.6 Å². The summed E-state index contributed by atoms with van der Waals surface area (Å²) in [5, 5.41) is 6.11. The first-order valence-corrected chi connectivity index (χ1v) is 11.5. The summed E-state index contributed by atoms with van der Waals surface area (Å²) >= 11 is 0. The third-order valence-electron chi connectivity index (χ3n) is 5.56. The predicted molar refractivity (Wildman–Crippen MR) is 148 cm³/mol. The number of amides is 1. The minimum absolute atomic E-state index is 0. The first-order chi connectivity index (χ1) is 15.7. The van der Waals surface area contributed by atoms with Crippen molar-refractivity contribution in [3.05, 3.63) is 77.4 Å². The minimum atomic E-state index is -0.0554. The molecule has 2 N–H and O–H groups in total. The van der Waals surface area contributed by atoms with Crippen LogP contribution in [0.3, 0.4) is 0 Å². The number of piperazine rings is 1. The molecular weight excluding hydrogens is 525 g/mol. The fourth-order valence-electron chi connectivity index (χ4n) is 3.77. The summed E-state index contributed by atoms with van der Waals surface area (Å²) in [6.45, 7) is 8.61. The average molecular weight is 562 g/mol. The van der Waals surface area contributed by atoms with E-state index in [4.69, 9.17) is 4.99 Å². The molecule has 1 heterocycles. The van der Waals surface area contributed by atoms with Crippen LogP contribution in [0.2, 0.25) is 0 Å². The highest BCUT2D eigenvalue weighted by molar-refractivity contribution is 14.0. The zero-order valence-electron chi connectivity index (χ0n) is 19.7. The Kier molecular flexibility index (Phi) is 12.0. The number of halogens is 1. The van der Waals surface area contributed by atoms with Crippen LogP contribution in [0, 0.1) is 0 Å². The summed E-state index contributed by atoms with van der Waals surface area (Å²) in [6.07, 6.45) is 5.25.